The van der Waals surface area contributed by atoms with E-state index in [0.29, 0.717) is 20.9 Å². The lowest BCUT2D eigenvalue weighted by Gasteiger charge is -2.35. The maximum absolute atomic E-state index is 13.9. The van der Waals surface area contributed by atoms with E-state index in [1.54, 1.807) is 39.0 Å². The Balaban J connectivity index is 1.85. The number of thiophene rings is 1. The van der Waals surface area contributed by atoms with Gasteiger partial charge in [-0.2, -0.15) is 36.7 Å². The van der Waals surface area contributed by atoms with Crippen LogP contribution < -0.4 is 0 Å². The zero-order valence-electron chi connectivity index (χ0n) is 20.4. The molecule has 3 heterocycles. The molecule has 1 aromatic carbocycles. The van der Waals surface area contributed by atoms with Crippen LogP contribution in [0.4, 0.5) is 31.1 Å². The molecule has 2 aromatic heterocycles. The van der Waals surface area contributed by atoms with Gasteiger partial charge < -0.3 is 9.64 Å². The number of alkyl halides is 6. The Bertz CT molecular complexity index is 1390. The Morgan fingerprint density at radius 1 is 1.13 bits per heavy atom. The Morgan fingerprint density at radius 3 is 2.42 bits per heavy atom. The first-order valence-corrected chi connectivity index (χ1v) is 12.2. The first-order chi connectivity index (χ1) is 17.6. The maximum atomic E-state index is 13.9. The molecule has 0 radical (unpaired) electrons. The molecule has 38 heavy (non-hydrogen) atoms. The summed E-state index contributed by atoms with van der Waals surface area (Å²) in [6, 6.07) is 9.69. The Morgan fingerprint density at radius 2 is 1.82 bits per heavy atom. The molecule has 202 valence electrons. The molecular weight excluding hydrogens is 534 g/mol. The zero-order chi connectivity index (χ0) is 28.0. The van der Waals surface area contributed by atoms with E-state index >= 15 is 0 Å². The smallest absolute Gasteiger partial charge is 0.435 e. The quantitative estimate of drug-likeness (QED) is 0.328. The van der Waals surface area contributed by atoms with Crippen molar-refractivity contribution in [3.05, 3.63) is 63.1 Å². The molecule has 0 fully saturated rings. The third kappa shape index (κ3) is 5.96. The maximum Gasteiger partial charge on any atom is 0.435 e. The molecule has 3 aromatic rings. The van der Waals surface area contributed by atoms with Gasteiger partial charge in [0.05, 0.1) is 6.54 Å². The monoisotopic (exact) mass is 556 g/mol. The van der Waals surface area contributed by atoms with Crippen LogP contribution in [0.5, 0.6) is 0 Å². The molecule has 1 atom stereocenters. The summed E-state index contributed by atoms with van der Waals surface area (Å²) in [6.07, 6.45) is -9.69. The van der Waals surface area contributed by atoms with E-state index in [0.717, 1.165) is 17.5 Å². The topological polar surface area (TPSA) is 71.2 Å². The number of fused-ring (bicyclic) bond motifs is 1. The average molecular weight is 557 g/mol. The van der Waals surface area contributed by atoms with Crippen molar-refractivity contribution < 1.29 is 35.9 Å². The van der Waals surface area contributed by atoms with Crippen LogP contribution in [0.3, 0.4) is 0 Å². The fourth-order valence-electron chi connectivity index (χ4n) is 4.34. The number of halogens is 6. The second kappa shape index (κ2) is 9.65. The summed E-state index contributed by atoms with van der Waals surface area (Å²) in [5.74, 6) is -0.673. The van der Waals surface area contributed by atoms with Gasteiger partial charge in [0, 0.05) is 29.1 Å². The van der Waals surface area contributed by atoms with E-state index < -0.39 is 47.8 Å². The van der Waals surface area contributed by atoms with Crippen LogP contribution in [0.1, 0.15) is 53.3 Å². The van der Waals surface area contributed by atoms with Crippen molar-refractivity contribution in [2.75, 3.05) is 6.54 Å². The second-order valence-electron chi connectivity index (χ2n) is 9.80. The van der Waals surface area contributed by atoms with Gasteiger partial charge in [0.25, 0.3) is 0 Å². The number of nitrogens with zero attached hydrogens (tertiary/aromatic N) is 4. The lowest BCUT2D eigenvalue weighted by atomic mass is 9.84. The van der Waals surface area contributed by atoms with Gasteiger partial charge in [-0.3, -0.25) is 4.68 Å². The predicted octanol–water partition coefficient (Wildman–Crippen LogP) is 6.95. The van der Waals surface area contributed by atoms with Crippen molar-refractivity contribution in [1.82, 2.24) is 14.7 Å². The normalized spacial score (nSPS) is 16.2. The molecule has 1 aliphatic rings. The van der Waals surface area contributed by atoms with Gasteiger partial charge in [-0.15, -0.1) is 11.3 Å². The van der Waals surface area contributed by atoms with Gasteiger partial charge in [0.2, 0.25) is 0 Å². The third-order valence-electron chi connectivity index (χ3n) is 5.71. The summed E-state index contributed by atoms with van der Waals surface area (Å²) in [4.78, 5) is 15.4. The first-order valence-electron chi connectivity index (χ1n) is 11.4. The molecule has 0 aliphatic carbocycles. The molecule has 4 rings (SSSR count). The number of hydrogen-bond donors (Lipinski definition) is 0. The highest BCUT2D eigenvalue weighted by Gasteiger charge is 2.41. The van der Waals surface area contributed by atoms with E-state index in [-0.39, 0.29) is 23.3 Å². The SMILES string of the molecule is CC(C)(C)OC(=O)N1Cc2sc(C#N)cc2[C@H](c2ccccc2-c2cn(CC(F)(F)F)nc2C(F)(F)F)C1. The average Bonchev–Trinajstić information content (AvgIpc) is 3.40. The summed E-state index contributed by atoms with van der Waals surface area (Å²) in [5, 5.41) is 12.7. The van der Waals surface area contributed by atoms with Crippen LogP contribution in [-0.2, 0) is 24.0 Å². The number of carbonyl (C=O) groups is 1. The van der Waals surface area contributed by atoms with Crippen molar-refractivity contribution >= 4 is 17.4 Å². The summed E-state index contributed by atoms with van der Waals surface area (Å²) >= 11 is 1.16. The third-order valence-corrected chi connectivity index (χ3v) is 6.75. The lowest BCUT2D eigenvalue weighted by molar-refractivity contribution is -0.148. The Labute approximate surface area is 218 Å². The molecule has 0 spiro atoms. The Kier molecular flexibility index (Phi) is 6.98. The molecule has 0 saturated carbocycles. The van der Waals surface area contributed by atoms with E-state index in [9.17, 15) is 36.4 Å². The highest BCUT2D eigenvalue weighted by Crippen LogP contribution is 2.44. The number of aromatic nitrogens is 2. The van der Waals surface area contributed by atoms with Crippen molar-refractivity contribution in [2.24, 2.45) is 0 Å². The predicted molar refractivity (Wildman–Crippen MR) is 126 cm³/mol. The minimum absolute atomic E-state index is 0.0264. The number of benzene rings is 1. The molecular formula is C25H22F6N4O2S. The number of amides is 1. The molecule has 13 heteroatoms. The van der Waals surface area contributed by atoms with Crippen LogP contribution in [0, 0.1) is 11.3 Å². The lowest BCUT2D eigenvalue weighted by Crippen LogP contribution is -2.41. The molecule has 0 N–H and O–H groups in total. The van der Waals surface area contributed by atoms with Gasteiger partial charge >= 0.3 is 18.4 Å². The number of ether oxygens (including phenoxy) is 1. The van der Waals surface area contributed by atoms with E-state index in [2.05, 4.69) is 11.2 Å². The molecule has 0 bridgehead atoms. The number of carbonyl (C=O) groups excluding carboxylic acids is 1. The van der Waals surface area contributed by atoms with Crippen LogP contribution in [0.2, 0.25) is 0 Å². The van der Waals surface area contributed by atoms with Crippen molar-refractivity contribution in [2.45, 2.75) is 57.7 Å². The van der Waals surface area contributed by atoms with Crippen LogP contribution in [0.25, 0.3) is 11.1 Å². The number of hydrogen-bond acceptors (Lipinski definition) is 5. The van der Waals surface area contributed by atoms with Crippen molar-refractivity contribution in [3.8, 4) is 17.2 Å². The van der Waals surface area contributed by atoms with Gasteiger partial charge in [-0.05, 0) is 43.5 Å². The number of rotatable bonds is 3. The highest BCUT2D eigenvalue weighted by atomic mass is 32.1. The fourth-order valence-corrected chi connectivity index (χ4v) is 5.38. The largest absolute Gasteiger partial charge is 0.444 e. The molecule has 6 nitrogen and oxygen atoms in total. The molecule has 0 unspecified atom stereocenters. The van der Waals surface area contributed by atoms with Crippen LogP contribution in [0.15, 0.2) is 36.5 Å². The minimum atomic E-state index is -5.02. The standard InChI is InChI=1S/C25H22F6N4O2S/c1-23(2,3)37-22(36)34-10-18(17-8-14(9-32)38-20(17)12-34)15-6-4-5-7-16(15)19-11-35(13-24(26,27)28)33-21(19)25(29,30)31/h4-8,11,18H,10,12-13H2,1-3H3/t18-/m0/s1. The zero-order valence-corrected chi connectivity index (χ0v) is 21.3. The van der Waals surface area contributed by atoms with Crippen molar-refractivity contribution in [1.29, 1.82) is 5.26 Å². The molecule has 1 amide bonds. The Hall–Kier alpha value is -3.53. The molecule has 0 saturated heterocycles. The number of nitriles is 1. The summed E-state index contributed by atoms with van der Waals surface area (Å²) in [6.45, 7) is 3.58. The highest BCUT2D eigenvalue weighted by molar-refractivity contribution is 7.12. The van der Waals surface area contributed by atoms with E-state index in [1.807, 2.05) is 0 Å². The van der Waals surface area contributed by atoms with Gasteiger partial charge in [-0.1, -0.05) is 24.3 Å². The summed E-state index contributed by atoms with van der Waals surface area (Å²) in [5.41, 5.74) is -1.72. The van der Waals surface area contributed by atoms with Crippen molar-refractivity contribution in [3.63, 3.8) is 0 Å². The minimum Gasteiger partial charge on any atom is -0.444 e. The van der Waals surface area contributed by atoms with Gasteiger partial charge in [0.15, 0.2) is 5.69 Å². The fraction of sp³-hybridized carbons (Fsp3) is 0.400. The van der Waals surface area contributed by atoms with Gasteiger partial charge in [-0.25, -0.2) is 4.79 Å². The van der Waals surface area contributed by atoms with Crippen LogP contribution >= 0.6 is 11.3 Å². The van der Waals surface area contributed by atoms with E-state index in [1.165, 1.54) is 17.0 Å². The summed E-state index contributed by atoms with van der Waals surface area (Å²) in [7, 11) is 0. The first kappa shape index (κ1) is 27.5. The van der Waals surface area contributed by atoms with Crippen LogP contribution in [-0.4, -0.2) is 39.1 Å². The van der Waals surface area contributed by atoms with Gasteiger partial charge in [0.1, 0.15) is 23.1 Å². The summed E-state index contributed by atoms with van der Waals surface area (Å²) < 4.78 is 86.4. The van der Waals surface area contributed by atoms with E-state index in [4.69, 9.17) is 4.74 Å². The molecule has 1 aliphatic heterocycles. The second-order valence-corrected chi connectivity index (χ2v) is 10.9.